The van der Waals surface area contributed by atoms with Gasteiger partial charge in [0.1, 0.15) is 17.1 Å². The van der Waals surface area contributed by atoms with Gasteiger partial charge in [-0.25, -0.2) is 4.98 Å². The van der Waals surface area contributed by atoms with Gasteiger partial charge in [0.05, 0.1) is 11.9 Å². The monoisotopic (exact) mass is 363 g/mol. The van der Waals surface area contributed by atoms with E-state index in [0.717, 1.165) is 5.56 Å². The number of aromatic hydroxyl groups is 1. The Labute approximate surface area is 153 Å². The van der Waals surface area contributed by atoms with Gasteiger partial charge in [0, 0.05) is 29.8 Å². The number of pyridine rings is 1. The first-order chi connectivity index (χ1) is 12.9. The number of hydrogen-bond acceptors (Lipinski definition) is 6. The van der Waals surface area contributed by atoms with Crippen molar-refractivity contribution in [1.29, 1.82) is 0 Å². The highest BCUT2D eigenvalue weighted by molar-refractivity contribution is 6.13. The molecule has 3 aromatic heterocycles. The normalized spacial score (nSPS) is 11.2. The second-order valence-corrected chi connectivity index (χ2v) is 6.27. The largest absolute Gasteiger partial charge is 0.508 e. The number of carbonyl (C=O) groups is 1. The first kappa shape index (κ1) is 16.6. The van der Waals surface area contributed by atoms with Crippen LogP contribution in [-0.4, -0.2) is 36.0 Å². The Balaban J connectivity index is 2.22. The molecular weight excluding hydrogens is 346 g/mol. The maximum Gasteiger partial charge on any atom is 0.269 e. The van der Waals surface area contributed by atoms with Crippen LogP contribution in [0.3, 0.4) is 0 Å². The van der Waals surface area contributed by atoms with Gasteiger partial charge in [0.15, 0.2) is 5.69 Å². The third-order valence-corrected chi connectivity index (χ3v) is 4.64. The molecule has 0 aliphatic heterocycles. The lowest BCUT2D eigenvalue weighted by Gasteiger charge is -2.15. The first-order valence-corrected chi connectivity index (χ1v) is 8.13. The Bertz CT molecular complexity index is 1190. The molecule has 0 bridgehead atoms. The number of nitrogens with one attached hydrogen (secondary N) is 1. The number of primary amides is 1. The van der Waals surface area contributed by atoms with E-state index in [4.69, 9.17) is 11.5 Å². The van der Waals surface area contributed by atoms with Gasteiger partial charge in [-0.05, 0) is 24.1 Å². The van der Waals surface area contributed by atoms with Crippen molar-refractivity contribution in [2.45, 2.75) is 6.92 Å². The van der Waals surface area contributed by atoms with Crippen LogP contribution in [0, 0.1) is 6.92 Å². The van der Waals surface area contributed by atoms with Gasteiger partial charge < -0.3 is 21.1 Å². The summed E-state index contributed by atoms with van der Waals surface area (Å²) >= 11 is 0. The van der Waals surface area contributed by atoms with Crippen LogP contribution in [0.25, 0.3) is 33.4 Å². The van der Waals surface area contributed by atoms with Crippen LogP contribution in [-0.2, 0) is 7.05 Å². The number of anilines is 1. The molecule has 0 radical (unpaired) electrons. The molecule has 0 unspecified atom stereocenters. The molecule has 0 fully saturated rings. The average Bonchev–Trinajstić information content (AvgIpc) is 3.25. The number of nitrogen functional groups attached to an aromatic ring is 1. The summed E-state index contributed by atoms with van der Waals surface area (Å²) < 4.78 is 1.77. The molecule has 136 valence electrons. The number of benzene rings is 1. The van der Waals surface area contributed by atoms with E-state index in [1.165, 1.54) is 0 Å². The summed E-state index contributed by atoms with van der Waals surface area (Å²) in [7, 11) is 1.80. The molecule has 0 aliphatic rings. The van der Waals surface area contributed by atoms with Crippen LogP contribution in [0.15, 0.2) is 30.6 Å². The molecule has 0 spiro atoms. The SMILES string of the molecule is Cc1c(O)cccc1-c1c(N)c(C(N)=O)nc2c1c(-c1cn[nH]n1)cn2C. The average molecular weight is 363 g/mol. The summed E-state index contributed by atoms with van der Waals surface area (Å²) in [6.07, 6.45) is 3.42. The van der Waals surface area contributed by atoms with Gasteiger partial charge in [0.2, 0.25) is 0 Å². The van der Waals surface area contributed by atoms with E-state index in [1.54, 1.807) is 36.9 Å². The quantitative estimate of drug-likeness (QED) is 0.435. The highest BCUT2D eigenvalue weighted by atomic mass is 16.3. The number of fused-ring (bicyclic) bond motifs is 1. The molecular formula is C18H17N7O2. The van der Waals surface area contributed by atoms with Gasteiger partial charge in [-0.15, -0.1) is 0 Å². The fourth-order valence-electron chi connectivity index (χ4n) is 3.30. The molecule has 9 heteroatoms. The van der Waals surface area contributed by atoms with Crippen LogP contribution in [0.4, 0.5) is 5.69 Å². The molecule has 0 atom stereocenters. The number of aryl methyl sites for hydroxylation is 1. The topological polar surface area (TPSA) is 149 Å². The lowest BCUT2D eigenvalue weighted by molar-refractivity contribution is 0.0997. The predicted octanol–water partition coefficient (Wildman–Crippen LogP) is 1.72. The summed E-state index contributed by atoms with van der Waals surface area (Å²) in [4.78, 5) is 16.3. The number of phenols is 1. The molecule has 1 amide bonds. The van der Waals surface area contributed by atoms with Crippen molar-refractivity contribution in [2.24, 2.45) is 12.8 Å². The zero-order valence-electron chi connectivity index (χ0n) is 14.7. The molecule has 4 rings (SSSR count). The number of amides is 1. The Morgan fingerprint density at radius 1 is 1.30 bits per heavy atom. The molecule has 0 saturated carbocycles. The zero-order chi connectivity index (χ0) is 19.3. The number of phenolic OH excluding ortho intramolecular Hbond substituents is 1. The summed E-state index contributed by atoms with van der Waals surface area (Å²) in [6, 6.07) is 5.13. The van der Waals surface area contributed by atoms with Gasteiger partial charge in [-0.1, -0.05) is 12.1 Å². The summed E-state index contributed by atoms with van der Waals surface area (Å²) in [5.74, 6) is -0.603. The number of hydrogen-bond donors (Lipinski definition) is 4. The number of carbonyl (C=O) groups excluding carboxylic acids is 1. The van der Waals surface area contributed by atoms with Crippen molar-refractivity contribution < 1.29 is 9.90 Å². The Morgan fingerprint density at radius 3 is 2.74 bits per heavy atom. The standard InChI is InChI=1S/C18H17N7O2/c1-8-9(4-3-5-12(8)26)13-14-10(11-6-21-24-23-11)7-25(2)18(14)22-16(15(13)19)17(20)27/h3-7,26H,19H2,1-2H3,(H2,20,27)(H,21,23,24). The Kier molecular flexibility index (Phi) is 3.58. The molecule has 1 aromatic carbocycles. The molecule has 0 aliphatic carbocycles. The minimum absolute atomic E-state index is 0.0202. The number of nitrogens with two attached hydrogens (primary N) is 2. The smallest absolute Gasteiger partial charge is 0.269 e. The van der Waals surface area contributed by atoms with E-state index in [0.29, 0.717) is 33.4 Å². The van der Waals surface area contributed by atoms with Crippen molar-refractivity contribution in [3.05, 3.63) is 41.9 Å². The molecule has 27 heavy (non-hydrogen) atoms. The minimum atomic E-state index is -0.724. The number of aromatic amines is 1. The maximum absolute atomic E-state index is 11.9. The van der Waals surface area contributed by atoms with Gasteiger partial charge in [-0.3, -0.25) is 4.79 Å². The number of nitrogens with zero attached hydrogens (tertiary/aromatic N) is 4. The fourth-order valence-corrected chi connectivity index (χ4v) is 3.30. The lowest BCUT2D eigenvalue weighted by atomic mass is 9.93. The molecule has 9 nitrogen and oxygen atoms in total. The van der Waals surface area contributed by atoms with Gasteiger partial charge in [0.25, 0.3) is 5.91 Å². The van der Waals surface area contributed by atoms with Crippen molar-refractivity contribution >= 4 is 22.6 Å². The number of rotatable bonds is 3. The highest BCUT2D eigenvalue weighted by Gasteiger charge is 2.24. The lowest BCUT2D eigenvalue weighted by Crippen LogP contribution is -2.17. The van der Waals surface area contributed by atoms with Gasteiger partial charge >= 0.3 is 0 Å². The third-order valence-electron chi connectivity index (χ3n) is 4.64. The van der Waals surface area contributed by atoms with E-state index >= 15 is 0 Å². The maximum atomic E-state index is 11.9. The Hall–Kier alpha value is -3.88. The number of aromatic nitrogens is 5. The molecule has 0 saturated heterocycles. The second-order valence-electron chi connectivity index (χ2n) is 6.27. The third kappa shape index (κ3) is 2.40. The molecule has 3 heterocycles. The molecule has 4 aromatic rings. The summed E-state index contributed by atoms with van der Waals surface area (Å²) in [5.41, 5.74) is 15.7. The first-order valence-electron chi connectivity index (χ1n) is 8.13. The van der Waals surface area contributed by atoms with Gasteiger partial charge in [-0.2, -0.15) is 15.4 Å². The van der Waals surface area contributed by atoms with Crippen LogP contribution in [0.5, 0.6) is 5.75 Å². The van der Waals surface area contributed by atoms with Crippen LogP contribution < -0.4 is 11.5 Å². The van der Waals surface area contributed by atoms with Crippen molar-refractivity contribution in [2.75, 3.05) is 5.73 Å². The number of H-pyrrole nitrogens is 1. The highest BCUT2D eigenvalue weighted by Crippen LogP contribution is 2.42. The van der Waals surface area contributed by atoms with Crippen LogP contribution in [0.2, 0.25) is 0 Å². The van der Waals surface area contributed by atoms with Crippen molar-refractivity contribution in [3.8, 4) is 28.1 Å². The minimum Gasteiger partial charge on any atom is -0.508 e. The summed E-state index contributed by atoms with van der Waals surface area (Å²) in [5, 5.41) is 21.5. The fraction of sp³-hybridized carbons (Fsp3) is 0.111. The van der Waals surface area contributed by atoms with Crippen molar-refractivity contribution in [3.63, 3.8) is 0 Å². The predicted molar refractivity (Wildman–Crippen MR) is 101 cm³/mol. The van der Waals surface area contributed by atoms with E-state index in [2.05, 4.69) is 20.4 Å². The Morgan fingerprint density at radius 2 is 2.07 bits per heavy atom. The van der Waals surface area contributed by atoms with E-state index in [1.807, 2.05) is 12.3 Å². The van der Waals surface area contributed by atoms with Crippen LogP contribution in [0.1, 0.15) is 16.1 Å². The summed E-state index contributed by atoms with van der Waals surface area (Å²) in [6.45, 7) is 1.78. The van der Waals surface area contributed by atoms with E-state index in [-0.39, 0.29) is 17.1 Å². The second kappa shape index (κ2) is 5.84. The zero-order valence-corrected chi connectivity index (χ0v) is 14.7. The van der Waals surface area contributed by atoms with Crippen molar-refractivity contribution in [1.82, 2.24) is 25.0 Å². The van der Waals surface area contributed by atoms with E-state index < -0.39 is 5.91 Å². The van der Waals surface area contributed by atoms with Crippen LogP contribution >= 0.6 is 0 Å². The van der Waals surface area contributed by atoms with E-state index in [9.17, 15) is 9.90 Å². The molecule has 6 N–H and O–H groups in total.